The molecule has 0 unspecified atom stereocenters. The number of rotatable bonds is 6. The zero-order chi connectivity index (χ0) is 13.6. The van der Waals surface area contributed by atoms with Gasteiger partial charge in [0, 0.05) is 18.7 Å². The van der Waals surface area contributed by atoms with E-state index in [9.17, 15) is 13.2 Å². The van der Waals surface area contributed by atoms with Crippen molar-refractivity contribution in [3.05, 3.63) is 29.8 Å². The first-order chi connectivity index (χ1) is 8.45. The Hall–Kier alpha value is -1.44. The minimum atomic E-state index is -3.79. The van der Waals surface area contributed by atoms with Gasteiger partial charge < -0.3 is 10.1 Å². The van der Waals surface area contributed by atoms with E-state index in [2.05, 4.69) is 5.32 Å². The lowest BCUT2D eigenvalue weighted by atomic mass is 10.2. The summed E-state index contributed by atoms with van der Waals surface area (Å²) in [6.07, 6.45) is 0. The predicted octanol–water partition coefficient (Wildman–Crippen LogP) is 0.100. The summed E-state index contributed by atoms with van der Waals surface area (Å²) < 4.78 is 27.3. The molecule has 0 atom stereocenters. The molecule has 0 radical (unpaired) electrons. The number of carbonyl (C=O) groups excluding carboxylic acids is 1. The third-order valence-corrected chi connectivity index (χ3v) is 3.07. The Bertz CT molecular complexity index is 514. The molecule has 100 valence electrons. The highest BCUT2D eigenvalue weighted by Gasteiger charge is 2.11. The van der Waals surface area contributed by atoms with Gasteiger partial charge in [-0.1, -0.05) is 6.07 Å². The van der Waals surface area contributed by atoms with Gasteiger partial charge in [-0.15, -0.1) is 0 Å². The molecule has 0 heterocycles. The minimum absolute atomic E-state index is 0.0834. The van der Waals surface area contributed by atoms with Gasteiger partial charge >= 0.3 is 0 Å². The highest BCUT2D eigenvalue weighted by molar-refractivity contribution is 7.89. The van der Waals surface area contributed by atoms with E-state index in [0.717, 1.165) is 0 Å². The molecule has 0 fully saturated rings. The van der Waals surface area contributed by atoms with Crippen molar-refractivity contribution in [3.63, 3.8) is 0 Å². The number of hydrogen-bond acceptors (Lipinski definition) is 4. The summed E-state index contributed by atoms with van der Waals surface area (Å²) in [6.45, 7) is 3.22. The molecule has 1 aromatic carbocycles. The molecule has 1 amide bonds. The largest absolute Gasteiger partial charge is 0.380 e. The lowest BCUT2D eigenvalue weighted by molar-refractivity contribution is 0.0922. The smallest absolute Gasteiger partial charge is 0.251 e. The van der Waals surface area contributed by atoms with E-state index in [1.165, 1.54) is 24.3 Å². The highest BCUT2D eigenvalue weighted by atomic mass is 32.2. The molecule has 7 heteroatoms. The van der Waals surface area contributed by atoms with E-state index in [1.807, 2.05) is 6.92 Å². The summed E-state index contributed by atoms with van der Waals surface area (Å²) in [5, 5.41) is 7.60. The van der Waals surface area contributed by atoms with Crippen molar-refractivity contribution in [1.82, 2.24) is 5.32 Å². The third-order valence-electron chi connectivity index (χ3n) is 2.16. The molecule has 0 spiro atoms. The molecule has 6 nitrogen and oxygen atoms in total. The molecule has 0 bridgehead atoms. The van der Waals surface area contributed by atoms with Crippen LogP contribution < -0.4 is 10.5 Å². The fourth-order valence-electron chi connectivity index (χ4n) is 1.30. The number of sulfonamides is 1. The quantitative estimate of drug-likeness (QED) is 0.717. The topological polar surface area (TPSA) is 98.5 Å². The number of carbonyl (C=O) groups is 1. The van der Waals surface area contributed by atoms with Gasteiger partial charge in [-0.25, -0.2) is 13.6 Å². The van der Waals surface area contributed by atoms with Crippen molar-refractivity contribution in [1.29, 1.82) is 0 Å². The van der Waals surface area contributed by atoms with Crippen LogP contribution in [0.3, 0.4) is 0 Å². The van der Waals surface area contributed by atoms with Gasteiger partial charge in [-0.3, -0.25) is 4.79 Å². The number of amides is 1. The van der Waals surface area contributed by atoms with Crippen LogP contribution in [0, 0.1) is 0 Å². The maximum Gasteiger partial charge on any atom is 0.251 e. The molecular weight excluding hydrogens is 256 g/mol. The lowest BCUT2D eigenvalue weighted by Crippen LogP contribution is -2.27. The van der Waals surface area contributed by atoms with Gasteiger partial charge in [0.05, 0.1) is 11.5 Å². The van der Waals surface area contributed by atoms with Crippen LogP contribution in [-0.4, -0.2) is 34.1 Å². The van der Waals surface area contributed by atoms with Gasteiger partial charge in [-0.05, 0) is 25.1 Å². The Balaban J connectivity index is 2.69. The Labute approximate surface area is 106 Å². The normalized spacial score (nSPS) is 11.2. The number of hydrogen-bond donors (Lipinski definition) is 2. The molecule has 0 aliphatic heterocycles. The molecule has 1 rings (SSSR count). The molecule has 1 aromatic rings. The standard InChI is InChI=1S/C11H16N2O4S/c1-2-17-7-6-13-11(14)9-4-3-5-10(8-9)18(12,15)16/h3-5,8H,2,6-7H2,1H3,(H,13,14)(H2,12,15,16). The van der Waals surface area contributed by atoms with Gasteiger partial charge in [0.25, 0.3) is 5.91 Å². The second-order valence-electron chi connectivity index (χ2n) is 3.53. The molecular formula is C11H16N2O4S. The monoisotopic (exact) mass is 272 g/mol. The summed E-state index contributed by atoms with van der Waals surface area (Å²) in [5.41, 5.74) is 0.248. The Morgan fingerprint density at radius 1 is 1.44 bits per heavy atom. The van der Waals surface area contributed by atoms with Crippen molar-refractivity contribution in [2.24, 2.45) is 5.14 Å². The maximum atomic E-state index is 11.7. The van der Waals surface area contributed by atoms with E-state index in [-0.39, 0.29) is 16.4 Å². The van der Waals surface area contributed by atoms with E-state index < -0.39 is 10.0 Å². The van der Waals surface area contributed by atoms with Crippen LogP contribution in [0.5, 0.6) is 0 Å². The number of primary sulfonamides is 1. The summed E-state index contributed by atoms with van der Waals surface area (Å²) in [7, 11) is -3.79. The first kappa shape index (κ1) is 14.6. The van der Waals surface area contributed by atoms with Crippen molar-refractivity contribution >= 4 is 15.9 Å². The fourth-order valence-corrected chi connectivity index (χ4v) is 1.86. The summed E-state index contributed by atoms with van der Waals surface area (Å²) >= 11 is 0. The molecule has 18 heavy (non-hydrogen) atoms. The van der Waals surface area contributed by atoms with E-state index >= 15 is 0 Å². The Morgan fingerprint density at radius 2 is 2.17 bits per heavy atom. The van der Waals surface area contributed by atoms with Gasteiger partial charge in [0.1, 0.15) is 0 Å². The average Bonchev–Trinajstić information content (AvgIpc) is 2.33. The maximum absolute atomic E-state index is 11.7. The molecule has 0 saturated carbocycles. The van der Waals surface area contributed by atoms with Crippen LogP contribution in [-0.2, 0) is 14.8 Å². The minimum Gasteiger partial charge on any atom is -0.380 e. The fraction of sp³-hybridized carbons (Fsp3) is 0.364. The van der Waals surface area contributed by atoms with Crippen LogP contribution in [0.2, 0.25) is 0 Å². The van der Waals surface area contributed by atoms with Crippen LogP contribution in [0.15, 0.2) is 29.2 Å². The molecule has 0 aliphatic carbocycles. The van der Waals surface area contributed by atoms with Crippen molar-refractivity contribution < 1.29 is 17.9 Å². The zero-order valence-corrected chi connectivity index (χ0v) is 10.9. The number of nitrogens with one attached hydrogen (secondary N) is 1. The predicted molar refractivity (Wildman–Crippen MR) is 66.6 cm³/mol. The van der Waals surface area contributed by atoms with Crippen LogP contribution >= 0.6 is 0 Å². The zero-order valence-electron chi connectivity index (χ0n) is 10.0. The van der Waals surface area contributed by atoms with Gasteiger partial charge in [0.2, 0.25) is 10.0 Å². The first-order valence-corrected chi connectivity index (χ1v) is 6.98. The summed E-state index contributed by atoms with van der Waals surface area (Å²) in [4.78, 5) is 11.6. The average molecular weight is 272 g/mol. The third kappa shape index (κ3) is 4.44. The number of nitrogens with two attached hydrogens (primary N) is 1. The van der Waals surface area contributed by atoms with Gasteiger partial charge in [-0.2, -0.15) is 0 Å². The molecule has 0 aromatic heterocycles. The van der Waals surface area contributed by atoms with Crippen molar-refractivity contribution in [2.45, 2.75) is 11.8 Å². The number of ether oxygens (including phenoxy) is 1. The second-order valence-corrected chi connectivity index (χ2v) is 5.09. The second kappa shape index (κ2) is 6.48. The molecule has 3 N–H and O–H groups in total. The van der Waals surface area contributed by atoms with Crippen LogP contribution in [0.1, 0.15) is 17.3 Å². The van der Waals surface area contributed by atoms with E-state index in [1.54, 1.807) is 0 Å². The van der Waals surface area contributed by atoms with Crippen molar-refractivity contribution in [3.8, 4) is 0 Å². The van der Waals surface area contributed by atoms with E-state index in [0.29, 0.717) is 19.8 Å². The first-order valence-electron chi connectivity index (χ1n) is 5.44. The molecule has 0 aliphatic rings. The van der Waals surface area contributed by atoms with Gasteiger partial charge in [0.15, 0.2) is 0 Å². The van der Waals surface area contributed by atoms with Crippen molar-refractivity contribution in [2.75, 3.05) is 19.8 Å². The number of benzene rings is 1. The van der Waals surface area contributed by atoms with Crippen LogP contribution in [0.4, 0.5) is 0 Å². The lowest BCUT2D eigenvalue weighted by Gasteiger charge is -2.06. The Morgan fingerprint density at radius 3 is 2.78 bits per heavy atom. The SMILES string of the molecule is CCOCCNC(=O)c1cccc(S(N)(=O)=O)c1. The van der Waals surface area contributed by atoms with Crippen LogP contribution in [0.25, 0.3) is 0 Å². The highest BCUT2D eigenvalue weighted by Crippen LogP contribution is 2.09. The Kier molecular flexibility index (Phi) is 5.26. The summed E-state index contributed by atoms with van der Waals surface area (Å²) in [5.74, 6) is -0.361. The molecule has 0 saturated heterocycles. The summed E-state index contributed by atoms with van der Waals surface area (Å²) in [6, 6.07) is 5.57. The van der Waals surface area contributed by atoms with E-state index in [4.69, 9.17) is 9.88 Å².